The number of halogens is 1. The van der Waals surface area contributed by atoms with Crippen molar-refractivity contribution < 1.29 is 9.18 Å². The lowest BCUT2D eigenvalue weighted by Gasteiger charge is -2.18. The maximum atomic E-state index is 13.2. The molecule has 1 atom stereocenters. The number of nitrogens with zero attached hydrogens (tertiary/aromatic N) is 2. The molecule has 5 heteroatoms. The molecular formula is C19H24FN3O. The molecule has 1 amide bonds. The first-order valence-electron chi connectivity index (χ1n) is 8.14. The van der Waals surface area contributed by atoms with Gasteiger partial charge in [0.15, 0.2) is 0 Å². The van der Waals surface area contributed by atoms with Crippen molar-refractivity contribution >= 4 is 5.91 Å². The molecule has 24 heavy (non-hydrogen) atoms. The molecule has 0 aliphatic rings. The third kappa shape index (κ3) is 5.74. The summed E-state index contributed by atoms with van der Waals surface area (Å²) in [6.07, 6.45) is 3.09. The van der Waals surface area contributed by atoms with Crippen LogP contribution in [0.4, 0.5) is 4.39 Å². The molecule has 1 heterocycles. The zero-order valence-electron chi connectivity index (χ0n) is 14.2. The van der Waals surface area contributed by atoms with Gasteiger partial charge >= 0.3 is 0 Å². The van der Waals surface area contributed by atoms with Crippen molar-refractivity contribution in [3.8, 4) is 0 Å². The van der Waals surface area contributed by atoms with E-state index in [1.165, 1.54) is 12.1 Å². The maximum Gasteiger partial charge on any atom is 0.227 e. The average molecular weight is 329 g/mol. The van der Waals surface area contributed by atoms with Crippen molar-refractivity contribution in [2.24, 2.45) is 0 Å². The summed E-state index contributed by atoms with van der Waals surface area (Å²) in [6, 6.07) is 11.8. The summed E-state index contributed by atoms with van der Waals surface area (Å²) in [5.41, 5.74) is 1.64. The molecule has 1 unspecified atom stereocenters. The highest BCUT2D eigenvalue weighted by Gasteiger charge is 2.21. The molecule has 0 spiro atoms. The van der Waals surface area contributed by atoms with Crippen LogP contribution in [0.5, 0.6) is 0 Å². The second-order valence-electron chi connectivity index (χ2n) is 6.08. The first-order chi connectivity index (χ1) is 11.6. The van der Waals surface area contributed by atoms with E-state index in [0.717, 1.165) is 24.2 Å². The molecule has 4 nitrogen and oxygen atoms in total. The highest BCUT2D eigenvalue weighted by atomic mass is 19.1. The first kappa shape index (κ1) is 18.1. The Balaban J connectivity index is 2.07. The Morgan fingerprint density at radius 3 is 2.58 bits per heavy atom. The highest BCUT2D eigenvalue weighted by molar-refractivity contribution is 5.83. The highest BCUT2D eigenvalue weighted by Crippen LogP contribution is 2.21. The molecule has 0 radical (unpaired) electrons. The Bertz CT molecular complexity index is 629. The summed E-state index contributed by atoms with van der Waals surface area (Å²) in [7, 11) is 4.01. The second-order valence-corrected chi connectivity index (χ2v) is 6.08. The predicted molar refractivity (Wildman–Crippen MR) is 93.3 cm³/mol. The van der Waals surface area contributed by atoms with Crippen LogP contribution in [0.25, 0.3) is 0 Å². The Hall–Kier alpha value is -2.27. The molecule has 0 fully saturated rings. The van der Waals surface area contributed by atoms with Crippen LogP contribution in [-0.2, 0) is 11.2 Å². The molecular weight excluding hydrogens is 305 g/mol. The topological polar surface area (TPSA) is 45.2 Å². The van der Waals surface area contributed by atoms with Crippen LogP contribution >= 0.6 is 0 Å². The van der Waals surface area contributed by atoms with Crippen molar-refractivity contribution in [3.63, 3.8) is 0 Å². The molecule has 0 saturated carbocycles. The van der Waals surface area contributed by atoms with Crippen LogP contribution in [0.1, 0.15) is 23.6 Å². The number of aromatic nitrogens is 1. The van der Waals surface area contributed by atoms with Gasteiger partial charge in [0.05, 0.1) is 5.92 Å². The fourth-order valence-electron chi connectivity index (χ4n) is 2.52. The summed E-state index contributed by atoms with van der Waals surface area (Å²) in [5, 5.41) is 2.98. The average Bonchev–Trinajstić information content (AvgIpc) is 2.58. The number of carbonyl (C=O) groups excluding carboxylic acids is 1. The number of carbonyl (C=O) groups is 1. The SMILES string of the molecule is CN(C)CCCNC(=O)C(Cc1ccccn1)c1ccc(F)cc1. The van der Waals surface area contributed by atoms with Crippen LogP contribution in [-0.4, -0.2) is 43.0 Å². The molecule has 0 bridgehead atoms. The fourth-order valence-corrected chi connectivity index (χ4v) is 2.52. The molecule has 2 rings (SSSR count). The summed E-state index contributed by atoms with van der Waals surface area (Å²) in [5.74, 6) is -0.729. The number of nitrogens with one attached hydrogen (secondary N) is 1. The third-order valence-corrected chi connectivity index (χ3v) is 3.81. The normalized spacial score (nSPS) is 12.2. The van der Waals surface area contributed by atoms with Crippen molar-refractivity contribution in [2.75, 3.05) is 27.2 Å². The summed E-state index contributed by atoms with van der Waals surface area (Å²) < 4.78 is 13.2. The lowest BCUT2D eigenvalue weighted by atomic mass is 9.93. The van der Waals surface area contributed by atoms with E-state index in [1.807, 2.05) is 32.3 Å². The quantitative estimate of drug-likeness (QED) is 0.757. The smallest absolute Gasteiger partial charge is 0.227 e. The minimum absolute atomic E-state index is 0.0500. The number of rotatable bonds is 8. The van der Waals surface area contributed by atoms with E-state index >= 15 is 0 Å². The maximum absolute atomic E-state index is 13.2. The van der Waals surface area contributed by atoms with Gasteiger partial charge in [-0.15, -0.1) is 0 Å². The Morgan fingerprint density at radius 1 is 1.21 bits per heavy atom. The Morgan fingerprint density at radius 2 is 1.96 bits per heavy atom. The van der Waals surface area contributed by atoms with E-state index in [-0.39, 0.29) is 17.6 Å². The summed E-state index contributed by atoms with van der Waals surface area (Å²) >= 11 is 0. The number of benzene rings is 1. The van der Waals surface area contributed by atoms with Gasteiger partial charge < -0.3 is 10.2 Å². The van der Waals surface area contributed by atoms with Crippen LogP contribution < -0.4 is 5.32 Å². The van der Waals surface area contributed by atoms with Gasteiger partial charge in [0, 0.05) is 24.9 Å². The molecule has 1 aromatic carbocycles. The summed E-state index contributed by atoms with van der Waals surface area (Å²) in [4.78, 5) is 19.0. The third-order valence-electron chi connectivity index (χ3n) is 3.81. The van der Waals surface area contributed by atoms with E-state index < -0.39 is 0 Å². The molecule has 0 saturated heterocycles. The monoisotopic (exact) mass is 329 g/mol. The van der Waals surface area contributed by atoms with E-state index in [0.29, 0.717) is 13.0 Å². The van der Waals surface area contributed by atoms with Crippen molar-refractivity contribution in [1.82, 2.24) is 15.2 Å². The van der Waals surface area contributed by atoms with Crippen LogP contribution in [0, 0.1) is 5.82 Å². The van der Waals surface area contributed by atoms with Gasteiger partial charge in [0.25, 0.3) is 0 Å². The molecule has 128 valence electrons. The molecule has 1 aromatic heterocycles. The Labute approximate surface area is 142 Å². The molecule has 0 aliphatic carbocycles. The van der Waals surface area contributed by atoms with Gasteiger partial charge in [-0.25, -0.2) is 4.39 Å². The van der Waals surface area contributed by atoms with Crippen molar-refractivity contribution in [2.45, 2.75) is 18.8 Å². The number of hydrogen-bond donors (Lipinski definition) is 1. The zero-order valence-corrected chi connectivity index (χ0v) is 14.2. The standard InChI is InChI=1S/C19H24FN3O/c1-23(2)13-5-12-22-19(24)18(14-17-6-3-4-11-21-17)15-7-9-16(20)10-8-15/h3-4,6-11,18H,5,12-14H2,1-2H3,(H,22,24). The van der Waals surface area contributed by atoms with E-state index in [2.05, 4.69) is 15.2 Å². The predicted octanol–water partition coefficient (Wildman–Crippen LogP) is 2.61. The number of pyridine rings is 1. The minimum atomic E-state index is -0.375. The second kappa shape index (κ2) is 9.13. The van der Waals surface area contributed by atoms with Gasteiger partial charge in [-0.1, -0.05) is 18.2 Å². The number of hydrogen-bond acceptors (Lipinski definition) is 3. The Kier molecular flexibility index (Phi) is 6.88. The largest absolute Gasteiger partial charge is 0.356 e. The van der Waals surface area contributed by atoms with Crippen LogP contribution in [0.3, 0.4) is 0 Å². The lowest BCUT2D eigenvalue weighted by molar-refractivity contribution is -0.122. The van der Waals surface area contributed by atoms with E-state index in [9.17, 15) is 9.18 Å². The van der Waals surface area contributed by atoms with Gasteiger partial charge in [0.1, 0.15) is 5.82 Å². The van der Waals surface area contributed by atoms with E-state index in [1.54, 1.807) is 18.3 Å². The van der Waals surface area contributed by atoms with Crippen LogP contribution in [0.2, 0.25) is 0 Å². The van der Waals surface area contributed by atoms with Crippen molar-refractivity contribution in [1.29, 1.82) is 0 Å². The fraction of sp³-hybridized carbons (Fsp3) is 0.368. The summed E-state index contributed by atoms with van der Waals surface area (Å²) in [6.45, 7) is 1.54. The first-order valence-corrected chi connectivity index (χ1v) is 8.14. The zero-order chi connectivity index (χ0) is 17.4. The van der Waals surface area contributed by atoms with E-state index in [4.69, 9.17) is 0 Å². The number of amides is 1. The minimum Gasteiger partial charge on any atom is -0.356 e. The lowest BCUT2D eigenvalue weighted by Crippen LogP contribution is -2.32. The van der Waals surface area contributed by atoms with Gasteiger partial charge in [-0.05, 0) is 56.9 Å². The molecule has 1 N–H and O–H groups in total. The van der Waals surface area contributed by atoms with Gasteiger partial charge in [-0.2, -0.15) is 0 Å². The van der Waals surface area contributed by atoms with Gasteiger partial charge in [-0.3, -0.25) is 9.78 Å². The van der Waals surface area contributed by atoms with Crippen molar-refractivity contribution in [3.05, 3.63) is 65.7 Å². The van der Waals surface area contributed by atoms with Gasteiger partial charge in [0.2, 0.25) is 5.91 Å². The molecule has 0 aliphatic heterocycles. The van der Waals surface area contributed by atoms with Crippen LogP contribution in [0.15, 0.2) is 48.7 Å². The molecule has 2 aromatic rings.